The Morgan fingerprint density at radius 1 is 1.09 bits per heavy atom. The van der Waals surface area contributed by atoms with Crippen LogP contribution >= 0.6 is 0 Å². The molecule has 2 heterocycles. The van der Waals surface area contributed by atoms with E-state index in [1.807, 2.05) is 25.7 Å². The Morgan fingerprint density at radius 3 is 2.23 bits per heavy atom. The third-order valence-electron chi connectivity index (χ3n) is 4.59. The van der Waals surface area contributed by atoms with Crippen LogP contribution < -0.4 is 5.32 Å². The average molecular weight is 310 g/mol. The van der Waals surface area contributed by atoms with E-state index < -0.39 is 5.79 Å². The average Bonchev–Trinajstić information content (AvgIpc) is 3.13. The van der Waals surface area contributed by atoms with Crippen LogP contribution in [0.5, 0.6) is 0 Å². The van der Waals surface area contributed by atoms with Gasteiger partial charge in [0.05, 0.1) is 25.0 Å². The van der Waals surface area contributed by atoms with Crippen molar-refractivity contribution in [1.29, 1.82) is 0 Å². The first-order chi connectivity index (χ1) is 10.3. The van der Waals surface area contributed by atoms with Gasteiger partial charge < -0.3 is 19.7 Å². The summed E-state index contributed by atoms with van der Waals surface area (Å²) in [6.45, 7) is 8.46. The molecule has 2 amide bonds. The number of likely N-dealkylation sites (tertiary alicyclic amines) is 1. The molecule has 0 aromatic carbocycles. The molecule has 0 aromatic heterocycles. The van der Waals surface area contributed by atoms with Gasteiger partial charge in [-0.3, -0.25) is 9.59 Å². The minimum atomic E-state index is -0.455. The molecule has 6 nitrogen and oxygen atoms in total. The monoisotopic (exact) mass is 310 g/mol. The van der Waals surface area contributed by atoms with Crippen LogP contribution in [0.1, 0.15) is 40.0 Å². The lowest BCUT2D eigenvalue weighted by Gasteiger charge is -2.37. The predicted molar refractivity (Wildman–Crippen MR) is 79.9 cm³/mol. The molecular formula is C16H26N2O4. The van der Waals surface area contributed by atoms with Gasteiger partial charge in [0.25, 0.3) is 0 Å². The Kier molecular flexibility index (Phi) is 3.93. The lowest BCUT2D eigenvalue weighted by Crippen LogP contribution is -2.48. The number of nitrogens with zero attached hydrogens (tertiary/aromatic N) is 1. The summed E-state index contributed by atoms with van der Waals surface area (Å²) < 4.78 is 11.4. The van der Waals surface area contributed by atoms with E-state index >= 15 is 0 Å². The molecule has 6 heteroatoms. The summed E-state index contributed by atoms with van der Waals surface area (Å²) in [5, 5.41) is 2.96. The van der Waals surface area contributed by atoms with Crippen molar-refractivity contribution in [3.05, 3.63) is 0 Å². The van der Waals surface area contributed by atoms with Crippen LogP contribution in [0.25, 0.3) is 0 Å². The summed E-state index contributed by atoms with van der Waals surface area (Å²) in [5.41, 5.74) is -0.248. The van der Waals surface area contributed by atoms with Crippen molar-refractivity contribution in [3.8, 4) is 0 Å². The zero-order chi connectivity index (χ0) is 16.0. The fourth-order valence-electron chi connectivity index (χ4n) is 3.31. The van der Waals surface area contributed by atoms with E-state index in [2.05, 4.69) is 5.32 Å². The first-order valence-electron chi connectivity index (χ1n) is 8.18. The number of rotatable bonds is 2. The topological polar surface area (TPSA) is 67.9 Å². The first-order valence-corrected chi connectivity index (χ1v) is 8.18. The second-order valence-electron chi connectivity index (χ2n) is 7.62. The van der Waals surface area contributed by atoms with E-state index in [-0.39, 0.29) is 29.2 Å². The number of piperidine rings is 1. The molecule has 2 saturated heterocycles. The smallest absolute Gasteiger partial charge is 0.226 e. The fourth-order valence-corrected chi connectivity index (χ4v) is 3.31. The molecule has 1 aliphatic carbocycles. The van der Waals surface area contributed by atoms with Gasteiger partial charge in [-0.2, -0.15) is 0 Å². The standard InChI is InChI=1S/C16H26N2O4/c1-15(2,3)17-13(19)11-10-12(11)14(20)18-6-4-16(5-7-18)21-8-9-22-16/h11-12H,4-10H2,1-3H3,(H,17,19). The second kappa shape index (κ2) is 5.49. The van der Waals surface area contributed by atoms with Crippen LogP contribution in [-0.4, -0.2) is 54.3 Å². The maximum absolute atomic E-state index is 12.5. The highest BCUT2D eigenvalue weighted by molar-refractivity contribution is 5.92. The van der Waals surface area contributed by atoms with E-state index in [4.69, 9.17) is 9.47 Å². The summed E-state index contributed by atoms with van der Waals surface area (Å²) in [5.74, 6) is -0.629. The summed E-state index contributed by atoms with van der Waals surface area (Å²) in [6, 6.07) is 0. The summed E-state index contributed by atoms with van der Waals surface area (Å²) >= 11 is 0. The van der Waals surface area contributed by atoms with Crippen molar-refractivity contribution in [1.82, 2.24) is 10.2 Å². The number of nitrogens with one attached hydrogen (secondary N) is 1. The van der Waals surface area contributed by atoms with E-state index in [9.17, 15) is 9.59 Å². The largest absolute Gasteiger partial charge is 0.351 e. The number of hydrogen-bond acceptors (Lipinski definition) is 4. The van der Waals surface area contributed by atoms with Gasteiger partial charge in [0.2, 0.25) is 11.8 Å². The van der Waals surface area contributed by atoms with Crippen molar-refractivity contribution in [3.63, 3.8) is 0 Å². The highest BCUT2D eigenvalue weighted by Gasteiger charge is 2.51. The zero-order valence-corrected chi connectivity index (χ0v) is 13.7. The first kappa shape index (κ1) is 15.7. The molecule has 1 N–H and O–H groups in total. The molecule has 0 aromatic rings. The number of carbonyl (C=O) groups is 2. The van der Waals surface area contributed by atoms with Crippen LogP contribution in [0.3, 0.4) is 0 Å². The maximum atomic E-state index is 12.5. The van der Waals surface area contributed by atoms with Gasteiger partial charge in [-0.1, -0.05) is 0 Å². The van der Waals surface area contributed by atoms with E-state index in [0.717, 1.165) is 12.8 Å². The second-order valence-corrected chi connectivity index (χ2v) is 7.62. The van der Waals surface area contributed by atoms with Crippen LogP contribution in [0, 0.1) is 11.8 Å². The molecule has 0 bridgehead atoms. The van der Waals surface area contributed by atoms with Gasteiger partial charge in [0.1, 0.15) is 0 Å². The van der Waals surface area contributed by atoms with Crippen molar-refractivity contribution in [2.24, 2.45) is 11.8 Å². The highest BCUT2D eigenvalue weighted by atomic mass is 16.7. The molecule has 22 heavy (non-hydrogen) atoms. The van der Waals surface area contributed by atoms with Gasteiger partial charge in [-0.25, -0.2) is 0 Å². The van der Waals surface area contributed by atoms with Crippen LogP contribution in [0.15, 0.2) is 0 Å². The molecule has 1 saturated carbocycles. The molecule has 3 rings (SSSR count). The van der Waals surface area contributed by atoms with E-state index in [0.29, 0.717) is 32.7 Å². The normalized spacial score (nSPS) is 30.4. The third-order valence-corrected chi connectivity index (χ3v) is 4.59. The molecule has 3 fully saturated rings. The Hall–Kier alpha value is -1.14. The fraction of sp³-hybridized carbons (Fsp3) is 0.875. The summed E-state index contributed by atoms with van der Waals surface area (Å²) in [7, 11) is 0. The Bertz CT molecular complexity index is 455. The molecule has 1 spiro atoms. The predicted octanol–water partition coefficient (Wildman–Crippen LogP) is 0.903. The van der Waals surface area contributed by atoms with Gasteiger partial charge in [-0.05, 0) is 27.2 Å². The lowest BCUT2D eigenvalue weighted by molar-refractivity contribution is -0.187. The van der Waals surface area contributed by atoms with Gasteiger partial charge in [-0.15, -0.1) is 0 Å². The summed E-state index contributed by atoms with van der Waals surface area (Å²) in [4.78, 5) is 26.5. The molecule has 2 aliphatic heterocycles. The Labute approximate surface area is 131 Å². The lowest BCUT2D eigenvalue weighted by atomic mass is 10.0. The van der Waals surface area contributed by atoms with Crippen molar-refractivity contribution in [2.75, 3.05) is 26.3 Å². The van der Waals surface area contributed by atoms with Gasteiger partial charge in [0.15, 0.2) is 5.79 Å². The van der Waals surface area contributed by atoms with Crippen LogP contribution in [0.2, 0.25) is 0 Å². The molecular weight excluding hydrogens is 284 g/mol. The maximum Gasteiger partial charge on any atom is 0.226 e. The third kappa shape index (κ3) is 3.27. The number of ether oxygens (including phenoxy) is 2. The van der Waals surface area contributed by atoms with Crippen molar-refractivity contribution >= 4 is 11.8 Å². The highest BCUT2D eigenvalue weighted by Crippen LogP contribution is 2.42. The molecule has 3 aliphatic rings. The number of hydrogen-bond donors (Lipinski definition) is 1. The van der Waals surface area contributed by atoms with E-state index in [1.165, 1.54) is 0 Å². The zero-order valence-electron chi connectivity index (χ0n) is 13.7. The van der Waals surface area contributed by atoms with E-state index in [1.54, 1.807) is 0 Å². The minimum Gasteiger partial charge on any atom is -0.351 e. The molecule has 2 unspecified atom stereocenters. The van der Waals surface area contributed by atoms with Crippen LogP contribution in [0.4, 0.5) is 0 Å². The molecule has 124 valence electrons. The SMILES string of the molecule is CC(C)(C)NC(=O)C1CC1C(=O)N1CCC2(CC1)OCCO2. The Morgan fingerprint density at radius 2 is 1.68 bits per heavy atom. The van der Waals surface area contributed by atoms with Crippen molar-refractivity contribution < 1.29 is 19.1 Å². The van der Waals surface area contributed by atoms with Gasteiger partial charge >= 0.3 is 0 Å². The van der Waals surface area contributed by atoms with Gasteiger partial charge in [0, 0.05) is 31.5 Å². The Balaban J connectivity index is 1.49. The molecule has 0 radical (unpaired) electrons. The number of amides is 2. The summed E-state index contributed by atoms with van der Waals surface area (Å²) in [6.07, 6.45) is 2.13. The van der Waals surface area contributed by atoms with Crippen LogP contribution in [-0.2, 0) is 19.1 Å². The molecule has 2 atom stereocenters. The van der Waals surface area contributed by atoms with Crippen molar-refractivity contribution in [2.45, 2.75) is 51.4 Å². The number of carbonyl (C=O) groups excluding carboxylic acids is 2. The minimum absolute atomic E-state index is 0.00166. The quantitative estimate of drug-likeness (QED) is 0.823.